The van der Waals surface area contributed by atoms with E-state index in [2.05, 4.69) is 17.2 Å². The normalized spacial score (nSPS) is 19.0. The number of aromatic nitrogens is 1. The van der Waals surface area contributed by atoms with Crippen molar-refractivity contribution in [1.82, 2.24) is 4.98 Å². The number of anilines is 1. The molecule has 1 aliphatic carbocycles. The summed E-state index contributed by atoms with van der Waals surface area (Å²) in [7, 11) is 0. The smallest absolute Gasteiger partial charge is 0.184 e. The average Bonchev–Trinajstić information content (AvgIpc) is 2.50. The Morgan fingerprint density at radius 1 is 1.64 bits per heavy atom. The Hall–Kier alpha value is -0.280. The highest BCUT2D eigenvalue weighted by atomic mass is 35.5. The van der Waals surface area contributed by atoms with E-state index >= 15 is 0 Å². The van der Waals surface area contributed by atoms with Gasteiger partial charge in [0, 0.05) is 11.9 Å². The summed E-state index contributed by atoms with van der Waals surface area (Å²) in [5.74, 6) is 0. The van der Waals surface area contributed by atoms with Crippen LogP contribution < -0.4 is 5.32 Å². The van der Waals surface area contributed by atoms with E-state index in [1.807, 2.05) is 5.38 Å². The molecule has 0 atom stereocenters. The largest absolute Gasteiger partial charge is 0.361 e. The van der Waals surface area contributed by atoms with Gasteiger partial charge in [0.2, 0.25) is 0 Å². The molecule has 1 aliphatic rings. The van der Waals surface area contributed by atoms with Crippen molar-refractivity contribution in [3.63, 3.8) is 0 Å². The molecule has 2 rings (SSSR count). The second-order valence-corrected chi connectivity index (χ2v) is 5.28. The Kier molecular flexibility index (Phi) is 2.98. The van der Waals surface area contributed by atoms with E-state index in [0.717, 1.165) is 11.7 Å². The molecule has 78 valence electrons. The predicted molar refractivity (Wildman–Crippen MR) is 62.2 cm³/mol. The number of thiazole rings is 1. The maximum absolute atomic E-state index is 5.75. The lowest BCUT2D eigenvalue weighted by Crippen LogP contribution is -2.35. The standard InChI is InChI=1S/C10H15ClN2S/c1-2-10(4-3-5-10)7-12-9-13-8(11)6-14-9/h6H,2-5,7H2,1H3,(H,12,13). The molecule has 1 N–H and O–H groups in total. The second kappa shape index (κ2) is 4.07. The molecule has 14 heavy (non-hydrogen) atoms. The van der Waals surface area contributed by atoms with E-state index in [1.165, 1.54) is 25.7 Å². The van der Waals surface area contributed by atoms with Crippen LogP contribution in [-0.4, -0.2) is 11.5 Å². The zero-order chi connectivity index (χ0) is 10.0. The van der Waals surface area contributed by atoms with Crippen LogP contribution >= 0.6 is 22.9 Å². The van der Waals surface area contributed by atoms with E-state index in [9.17, 15) is 0 Å². The average molecular weight is 231 g/mol. The quantitative estimate of drug-likeness (QED) is 0.852. The SMILES string of the molecule is CCC1(CNc2nc(Cl)cs2)CCC1. The van der Waals surface area contributed by atoms with Crippen molar-refractivity contribution in [2.45, 2.75) is 32.6 Å². The van der Waals surface area contributed by atoms with Crippen molar-refractivity contribution in [2.75, 3.05) is 11.9 Å². The molecule has 0 spiro atoms. The number of nitrogens with one attached hydrogen (secondary N) is 1. The van der Waals surface area contributed by atoms with Crippen LogP contribution in [0.15, 0.2) is 5.38 Å². The Morgan fingerprint density at radius 2 is 2.43 bits per heavy atom. The molecule has 1 saturated carbocycles. The molecule has 0 unspecified atom stereocenters. The topological polar surface area (TPSA) is 24.9 Å². The van der Waals surface area contributed by atoms with E-state index in [0.29, 0.717) is 10.6 Å². The van der Waals surface area contributed by atoms with Crippen molar-refractivity contribution < 1.29 is 0 Å². The number of hydrogen-bond acceptors (Lipinski definition) is 3. The molecule has 0 radical (unpaired) electrons. The summed E-state index contributed by atoms with van der Waals surface area (Å²) in [5, 5.41) is 6.79. The lowest BCUT2D eigenvalue weighted by Gasteiger charge is -2.41. The summed E-state index contributed by atoms with van der Waals surface area (Å²) in [5.41, 5.74) is 0.540. The van der Waals surface area contributed by atoms with Crippen LogP contribution in [0.1, 0.15) is 32.6 Å². The van der Waals surface area contributed by atoms with E-state index in [1.54, 1.807) is 11.3 Å². The Balaban J connectivity index is 1.87. The molecule has 1 heterocycles. The van der Waals surface area contributed by atoms with Gasteiger partial charge in [-0.2, -0.15) is 0 Å². The van der Waals surface area contributed by atoms with Crippen molar-refractivity contribution >= 4 is 28.1 Å². The van der Waals surface area contributed by atoms with Crippen LogP contribution in [0.4, 0.5) is 5.13 Å². The fourth-order valence-electron chi connectivity index (χ4n) is 1.93. The molecule has 2 nitrogen and oxygen atoms in total. The third kappa shape index (κ3) is 2.04. The van der Waals surface area contributed by atoms with Gasteiger partial charge in [-0.15, -0.1) is 11.3 Å². The van der Waals surface area contributed by atoms with Gasteiger partial charge in [0.05, 0.1) is 0 Å². The number of rotatable bonds is 4. The van der Waals surface area contributed by atoms with Gasteiger partial charge in [0.25, 0.3) is 0 Å². The minimum Gasteiger partial charge on any atom is -0.361 e. The van der Waals surface area contributed by atoms with E-state index < -0.39 is 0 Å². The summed E-state index contributed by atoms with van der Waals surface area (Å²) in [4.78, 5) is 4.18. The van der Waals surface area contributed by atoms with Crippen LogP contribution in [0.5, 0.6) is 0 Å². The molecule has 1 aromatic heterocycles. The first kappa shape index (κ1) is 10.2. The first-order valence-corrected chi connectivity index (χ1v) is 6.35. The van der Waals surface area contributed by atoms with Crippen LogP contribution in [0, 0.1) is 5.41 Å². The van der Waals surface area contributed by atoms with Crippen LogP contribution in [0.3, 0.4) is 0 Å². The lowest BCUT2D eigenvalue weighted by atomic mass is 9.67. The van der Waals surface area contributed by atoms with Crippen LogP contribution in [0.25, 0.3) is 0 Å². The summed E-state index contributed by atoms with van der Waals surface area (Å²) < 4.78 is 0. The van der Waals surface area contributed by atoms with E-state index in [-0.39, 0.29) is 0 Å². The highest BCUT2D eigenvalue weighted by molar-refractivity contribution is 7.14. The first-order chi connectivity index (χ1) is 6.74. The first-order valence-electron chi connectivity index (χ1n) is 5.09. The highest BCUT2D eigenvalue weighted by Gasteiger charge is 2.34. The van der Waals surface area contributed by atoms with Gasteiger partial charge >= 0.3 is 0 Å². The van der Waals surface area contributed by atoms with Crippen LogP contribution in [0.2, 0.25) is 5.15 Å². The lowest BCUT2D eigenvalue weighted by molar-refractivity contribution is 0.145. The number of hydrogen-bond donors (Lipinski definition) is 1. The van der Waals surface area contributed by atoms with Crippen molar-refractivity contribution in [2.24, 2.45) is 5.41 Å². The van der Waals surface area contributed by atoms with Gasteiger partial charge in [-0.1, -0.05) is 24.9 Å². The fourth-order valence-corrected chi connectivity index (χ4v) is 2.77. The second-order valence-electron chi connectivity index (χ2n) is 4.04. The Labute approximate surface area is 93.7 Å². The Bertz CT molecular complexity index is 301. The fraction of sp³-hybridized carbons (Fsp3) is 0.700. The monoisotopic (exact) mass is 230 g/mol. The Morgan fingerprint density at radius 3 is 2.86 bits per heavy atom. The van der Waals surface area contributed by atoms with Crippen molar-refractivity contribution in [3.8, 4) is 0 Å². The molecule has 4 heteroatoms. The minimum atomic E-state index is 0.540. The summed E-state index contributed by atoms with van der Waals surface area (Å²) in [6.45, 7) is 3.32. The molecule has 0 aliphatic heterocycles. The molecular weight excluding hydrogens is 216 g/mol. The van der Waals surface area contributed by atoms with Crippen molar-refractivity contribution in [1.29, 1.82) is 0 Å². The molecule has 1 aromatic rings. The molecule has 0 aromatic carbocycles. The maximum atomic E-state index is 5.75. The zero-order valence-electron chi connectivity index (χ0n) is 8.35. The summed E-state index contributed by atoms with van der Waals surface area (Å²) in [6.07, 6.45) is 5.36. The third-order valence-electron chi connectivity index (χ3n) is 3.25. The predicted octanol–water partition coefficient (Wildman–Crippen LogP) is 3.79. The maximum Gasteiger partial charge on any atom is 0.184 e. The van der Waals surface area contributed by atoms with Gasteiger partial charge in [-0.3, -0.25) is 0 Å². The molecular formula is C10H15ClN2S. The number of nitrogens with zero attached hydrogens (tertiary/aromatic N) is 1. The summed E-state index contributed by atoms with van der Waals surface area (Å²) in [6, 6.07) is 0. The number of halogens is 1. The minimum absolute atomic E-state index is 0.540. The molecule has 0 saturated heterocycles. The zero-order valence-corrected chi connectivity index (χ0v) is 9.92. The molecule has 1 fully saturated rings. The highest BCUT2D eigenvalue weighted by Crippen LogP contribution is 2.43. The van der Waals surface area contributed by atoms with Crippen molar-refractivity contribution in [3.05, 3.63) is 10.5 Å². The van der Waals surface area contributed by atoms with Gasteiger partial charge in [-0.25, -0.2) is 4.98 Å². The van der Waals surface area contributed by atoms with Gasteiger partial charge in [0.1, 0.15) is 5.15 Å². The summed E-state index contributed by atoms with van der Waals surface area (Å²) >= 11 is 7.33. The van der Waals surface area contributed by atoms with E-state index in [4.69, 9.17) is 11.6 Å². The molecule has 0 amide bonds. The third-order valence-corrected chi connectivity index (χ3v) is 4.38. The van der Waals surface area contributed by atoms with Gasteiger partial charge in [-0.05, 0) is 24.7 Å². The molecule has 0 bridgehead atoms. The van der Waals surface area contributed by atoms with Gasteiger partial charge in [0.15, 0.2) is 5.13 Å². The van der Waals surface area contributed by atoms with Crippen LogP contribution in [-0.2, 0) is 0 Å². The van der Waals surface area contributed by atoms with Gasteiger partial charge < -0.3 is 5.32 Å².